The molecule has 0 amide bonds. The van der Waals surface area contributed by atoms with Crippen molar-refractivity contribution < 1.29 is 0 Å². The van der Waals surface area contributed by atoms with E-state index in [9.17, 15) is 0 Å². The average Bonchev–Trinajstić information content (AvgIpc) is 2.98. The van der Waals surface area contributed by atoms with Gasteiger partial charge in [0.1, 0.15) is 0 Å². The van der Waals surface area contributed by atoms with Gasteiger partial charge in [0.2, 0.25) is 0 Å². The van der Waals surface area contributed by atoms with Gasteiger partial charge in [-0.2, -0.15) is 0 Å². The van der Waals surface area contributed by atoms with Crippen LogP contribution in [0.5, 0.6) is 0 Å². The van der Waals surface area contributed by atoms with Crippen molar-refractivity contribution in [1.29, 1.82) is 0 Å². The van der Waals surface area contributed by atoms with E-state index < -0.39 is 0 Å². The maximum absolute atomic E-state index is 2.46. The van der Waals surface area contributed by atoms with Crippen LogP contribution in [0, 0.1) is 0 Å². The molecule has 1 unspecified atom stereocenters. The highest BCUT2D eigenvalue weighted by Gasteiger charge is 2.37. The van der Waals surface area contributed by atoms with E-state index in [0.29, 0.717) is 5.92 Å². The maximum Gasteiger partial charge on any atom is 0.0556 e. The molecule has 0 spiro atoms. The molecule has 2 aliphatic rings. The third-order valence-corrected chi connectivity index (χ3v) is 8.28. The van der Waals surface area contributed by atoms with Crippen molar-refractivity contribution in [3.8, 4) is 11.1 Å². The van der Waals surface area contributed by atoms with E-state index in [0.717, 1.165) is 0 Å². The molecular weight excluding hydrogens is 382 g/mol. The summed E-state index contributed by atoms with van der Waals surface area (Å²) in [4.78, 5) is 5.16. The molecule has 30 heavy (non-hydrogen) atoms. The van der Waals surface area contributed by atoms with Crippen molar-refractivity contribution in [1.82, 2.24) is 0 Å². The Labute approximate surface area is 185 Å². The van der Waals surface area contributed by atoms with Gasteiger partial charge in [0.05, 0.1) is 11.4 Å². The molecule has 0 saturated heterocycles. The molecule has 1 heterocycles. The van der Waals surface area contributed by atoms with E-state index in [-0.39, 0.29) is 5.41 Å². The van der Waals surface area contributed by atoms with Crippen molar-refractivity contribution in [2.24, 2.45) is 0 Å². The van der Waals surface area contributed by atoms with E-state index in [4.69, 9.17) is 0 Å². The second-order valence-electron chi connectivity index (χ2n) is 9.32. The number of anilines is 2. The van der Waals surface area contributed by atoms with Crippen molar-refractivity contribution in [2.45, 2.75) is 68.1 Å². The molecule has 0 saturated carbocycles. The topological polar surface area (TPSA) is 3.24 Å². The lowest BCUT2D eigenvalue weighted by Crippen LogP contribution is -2.18. The van der Waals surface area contributed by atoms with Gasteiger partial charge < -0.3 is 4.90 Å². The normalized spacial score (nSPS) is 16.5. The van der Waals surface area contributed by atoms with Crippen LogP contribution in [-0.4, -0.2) is 7.05 Å². The number of hydrogen-bond acceptors (Lipinski definition) is 2. The molecule has 3 aromatic rings. The van der Waals surface area contributed by atoms with Gasteiger partial charge in [0.15, 0.2) is 0 Å². The first kappa shape index (κ1) is 19.8. The van der Waals surface area contributed by atoms with Gasteiger partial charge in [-0.3, -0.25) is 0 Å². The number of benzene rings is 3. The molecular formula is C28H31NS. The molecule has 0 aromatic heterocycles. The van der Waals surface area contributed by atoms with Gasteiger partial charge in [-0.05, 0) is 70.8 Å². The molecule has 1 nitrogen and oxygen atoms in total. The summed E-state index contributed by atoms with van der Waals surface area (Å²) in [6.45, 7) is 9.34. The van der Waals surface area contributed by atoms with E-state index in [1.807, 2.05) is 11.8 Å². The molecule has 3 aromatic carbocycles. The Morgan fingerprint density at radius 2 is 1.63 bits per heavy atom. The Kier molecular flexibility index (Phi) is 4.74. The van der Waals surface area contributed by atoms with E-state index in [2.05, 4.69) is 94.2 Å². The molecule has 1 aliphatic heterocycles. The Morgan fingerprint density at radius 1 is 0.867 bits per heavy atom. The smallest absolute Gasteiger partial charge is 0.0556 e. The predicted molar refractivity (Wildman–Crippen MR) is 131 cm³/mol. The van der Waals surface area contributed by atoms with E-state index in [1.165, 1.54) is 68.2 Å². The van der Waals surface area contributed by atoms with Crippen molar-refractivity contribution in [2.75, 3.05) is 11.9 Å². The predicted octanol–water partition coefficient (Wildman–Crippen LogP) is 8.52. The van der Waals surface area contributed by atoms with Gasteiger partial charge in [0, 0.05) is 22.3 Å². The van der Waals surface area contributed by atoms with Crippen LogP contribution in [0.1, 0.15) is 69.6 Å². The summed E-state index contributed by atoms with van der Waals surface area (Å²) in [5, 5.41) is 0. The van der Waals surface area contributed by atoms with Crippen LogP contribution in [0.2, 0.25) is 0 Å². The lowest BCUT2D eigenvalue weighted by molar-refractivity contribution is 0.595. The Balaban J connectivity index is 1.60. The monoisotopic (exact) mass is 413 g/mol. The second-order valence-corrected chi connectivity index (χ2v) is 10.4. The fourth-order valence-electron chi connectivity index (χ4n) is 5.41. The lowest BCUT2D eigenvalue weighted by atomic mass is 9.82. The van der Waals surface area contributed by atoms with Crippen LogP contribution in [0.4, 0.5) is 11.4 Å². The Morgan fingerprint density at radius 3 is 2.40 bits per heavy atom. The largest absolute Gasteiger partial charge is 0.343 e. The van der Waals surface area contributed by atoms with E-state index >= 15 is 0 Å². The molecule has 0 bridgehead atoms. The number of nitrogens with zero attached hydrogens (tertiary/aromatic N) is 1. The fraction of sp³-hybridized carbons (Fsp3) is 0.357. The lowest BCUT2D eigenvalue weighted by Gasteiger charge is -2.32. The summed E-state index contributed by atoms with van der Waals surface area (Å²) in [6.07, 6.45) is 3.73. The first-order chi connectivity index (χ1) is 14.5. The maximum atomic E-state index is 2.46. The minimum Gasteiger partial charge on any atom is -0.343 e. The second kappa shape index (κ2) is 7.20. The van der Waals surface area contributed by atoms with Crippen LogP contribution < -0.4 is 4.90 Å². The molecule has 5 rings (SSSR count). The average molecular weight is 414 g/mol. The highest BCUT2D eigenvalue weighted by atomic mass is 32.2. The summed E-state index contributed by atoms with van der Waals surface area (Å²) in [5.41, 5.74) is 9.90. The zero-order valence-corrected chi connectivity index (χ0v) is 19.6. The minimum absolute atomic E-state index is 0.0522. The van der Waals surface area contributed by atoms with Gasteiger partial charge in [0.25, 0.3) is 0 Å². The van der Waals surface area contributed by atoms with E-state index in [1.54, 1.807) is 0 Å². The molecule has 1 aliphatic carbocycles. The minimum atomic E-state index is 0.0522. The van der Waals surface area contributed by atoms with Crippen LogP contribution in [-0.2, 0) is 5.41 Å². The highest BCUT2D eigenvalue weighted by molar-refractivity contribution is 7.99. The first-order valence-corrected chi connectivity index (χ1v) is 12.1. The highest BCUT2D eigenvalue weighted by Crippen LogP contribution is 2.55. The Bertz CT molecular complexity index is 1130. The summed E-state index contributed by atoms with van der Waals surface area (Å²) in [5.74, 6) is 0.668. The Hall–Kier alpha value is -2.19. The van der Waals surface area contributed by atoms with Gasteiger partial charge >= 0.3 is 0 Å². The van der Waals surface area contributed by atoms with Crippen molar-refractivity contribution in [3.05, 3.63) is 71.3 Å². The number of rotatable bonds is 4. The zero-order valence-electron chi connectivity index (χ0n) is 18.8. The first-order valence-electron chi connectivity index (χ1n) is 11.3. The quantitative estimate of drug-likeness (QED) is 0.421. The van der Waals surface area contributed by atoms with Crippen molar-refractivity contribution >= 4 is 23.1 Å². The SMILES string of the molecule is CCCC(CC)c1ccc2c(c1)Sc1cc3c(cc1N2C)-c1ccccc1C3(C)C. The van der Waals surface area contributed by atoms with Crippen LogP contribution >= 0.6 is 11.8 Å². The zero-order chi connectivity index (χ0) is 21.0. The van der Waals surface area contributed by atoms with Gasteiger partial charge in [-0.15, -0.1) is 0 Å². The van der Waals surface area contributed by atoms with Gasteiger partial charge in [-0.1, -0.05) is 76.2 Å². The molecule has 2 heteroatoms. The molecule has 154 valence electrons. The van der Waals surface area contributed by atoms with Gasteiger partial charge in [-0.25, -0.2) is 0 Å². The van der Waals surface area contributed by atoms with Crippen molar-refractivity contribution in [3.63, 3.8) is 0 Å². The molecule has 0 N–H and O–H groups in total. The number of fused-ring (bicyclic) bond motifs is 5. The molecule has 0 radical (unpaired) electrons. The van der Waals surface area contributed by atoms with Crippen LogP contribution in [0.15, 0.2) is 64.4 Å². The third-order valence-electron chi connectivity index (χ3n) is 7.19. The standard InChI is InChI=1S/C28H31NS/c1-6-10-18(7-2)19-13-14-24-26(15-19)30-27-17-23-21(16-25(27)29(24)5)20-11-8-9-12-22(20)28(23,3)4/h8-9,11-18H,6-7,10H2,1-5H3. The summed E-state index contributed by atoms with van der Waals surface area (Å²) < 4.78 is 0. The molecule has 1 atom stereocenters. The summed E-state index contributed by atoms with van der Waals surface area (Å²) >= 11 is 1.95. The third kappa shape index (κ3) is 2.84. The fourth-order valence-corrected chi connectivity index (χ4v) is 6.63. The van der Waals surface area contributed by atoms with Crippen LogP contribution in [0.25, 0.3) is 11.1 Å². The number of hydrogen-bond donors (Lipinski definition) is 0. The summed E-state index contributed by atoms with van der Waals surface area (Å²) in [6, 6.07) is 21.0. The molecule has 0 fully saturated rings. The summed E-state index contributed by atoms with van der Waals surface area (Å²) in [7, 11) is 2.22. The van der Waals surface area contributed by atoms with Crippen LogP contribution in [0.3, 0.4) is 0 Å².